The van der Waals surface area contributed by atoms with Crippen molar-refractivity contribution in [2.45, 2.75) is 6.92 Å². The first-order valence-corrected chi connectivity index (χ1v) is 4.97. The number of benzene rings is 1. The summed E-state index contributed by atoms with van der Waals surface area (Å²) in [7, 11) is 0. The van der Waals surface area contributed by atoms with Gasteiger partial charge in [0.25, 0.3) is 0 Å². The maximum atomic E-state index is 10.7. The first-order chi connectivity index (χ1) is 8.09. The van der Waals surface area contributed by atoms with E-state index in [1.165, 1.54) is 4.68 Å². The Morgan fingerprint density at radius 1 is 1.35 bits per heavy atom. The molecule has 1 amide bonds. The molecule has 17 heavy (non-hydrogen) atoms. The van der Waals surface area contributed by atoms with E-state index in [1.807, 2.05) is 30.3 Å². The smallest absolute Gasteiger partial charge is 0.389 e. The van der Waals surface area contributed by atoms with E-state index in [0.717, 1.165) is 5.69 Å². The second-order valence-corrected chi connectivity index (χ2v) is 3.48. The third-order valence-corrected chi connectivity index (χ3v) is 2.32. The molecule has 0 spiro atoms. The zero-order chi connectivity index (χ0) is 12.4. The summed E-state index contributed by atoms with van der Waals surface area (Å²) in [6.07, 6.45) is -0.911. The molecule has 0 radical (unpaired) electrons. The van der Waals surface area contributed by atoms with Gasteiger partial charge in [0.15, 0.2) is 0 Å². The molecule has 6 nitrogen and oxygen atoms in total. The van der Waals surface area contributed by atoms with Gasteiger partial charge in [0.2, 0.25) is 5.88 Å². The van der Waals surface area contributed by atoms with Crippen LogP contribution in [0.25, 0.3) is 5.69 Å². The zero-order valence-corrected chi connectivity index (χ0v) is 9.25. The van der Waals surface area contributed by atoms with Gasteiger partial charge in [-0.2, -0.15) is 0 Å². The van der Waals surface area contributed by atoms with Gasteiger partial charge in [-0.3, -0.25) is 0 Å². The third kappa shape index (κ3) is 2.05. The second kappa shape index (κ2) is 4.17. The predicted molar refractivity (Wildman–Crippen MR) is 62.9 cm³/mol. The summed E-state index contributed by atoms with van der Waals surface area (Å²) >= 11 is 0. The van der Waals surface area contributed by atoms with Crippen molar-refractivity contribution in [2.75, 3.05) is 5.73 Å². The highest BCUT2D eigenvalue weighted by atomic mass is 16.6. The van der Waals surface area contributed by atoms with Crippen LogP contribution in [-0.2, 0) is 0 Å². The van der Waals surface area contributed by atoms with Gasteiger partial charge in [0.05, 0.1) is 11.3 Å². The Balaban J connectivity index is 2.46. The first kappa shape index (κ1) is 11.0. The van der Waals surface area contributed by atoms with Crippen LogP contribution in [0.15, 0.2) is 30.3 Å². The van der Waals surface area contributed by atoms with Gasteiger partial charge >= 0.3 is 6.09 Å². The molecule has 0 aliphatic rings. The number of aromatic nitrogens is 2. The Morgan fingerprint density at radius 2 is 2.00 bits per heavy atom. The van der Waals surface area contributed by atoms with Gasteiger partial charge in [-0.25, -0.2) is 9.48 Å². The molecule has 0 aliphatic carbocycles. The van der Waals surface area contributed by atoms with Gasteiger partial charge < -0.3 is 16.2 Å². The van der Waals surface area contributed by atoms with Crippen molar-refractivity contribution in [2.24, 2.45) is 5.73 Å². The van der Waals surface area contributed by atoms with Crippen molar-refractivity contribution < 1.29 is 9.53 Å². The number of nitrogen functional groups attached to an aromatic ring is 1. The van der Waals surface area contributed by atoms with Gasteiger partial charge in [-0.05, 0) is 19.1 Å². The molecule has 0 saturated carbocycles. The van der Waals surface area contributed by atoms with Crippen molar-refractivity contribution in [1.29, 1.82) is 0 Å². The molecular weight excluding hydrogens is 220 g/mol. The topological polar surface area (TPSA) is 96.2 Å². The number of ether oxygens (including phenoxy) is 1. The number of hydrogen-bond donors (Lipinski definition) is 2. The van der Waals surface area contributed by atoms with Gasteiger partial charge in [0.1, 0.15) is 5.82 Å². The van der Waals surface area contributed by atoms with Crippen molar-refractivity contribution in [3.05, 3.63) is 35.9 Å². The largest absolute Gasteiger partial charge is 0.411 e. The highest BCUT2D eigenvalue weighted by molar-refractivity contribution is 5.69. The van der Waals surface area contributed by atoms with Crippen LogP contribution in [0.1, 0.15) is 5.56 Å². The van der Waals surface area contributed by atoms with Crippen LogP contribution < -0.4 is 16.2 Å². The van der Waals surface area contributed by atoms with Gasteiger partial charge in [-0.15, -0.1) is 5.10 Å². The molecule has 0 unspecified atom stereocenters. The fraction of sp³-hybridized carbons (Fsp3) is 0.0909. The lowest BCUT2D eigenvalue weighted by atomic mass is 10.3. The molecule has 2 aromatic rings. The lowest BCUT2D eigenvalue weighted by Crippen LogP contribution is -2.17. The highest BCUT2D eigenvalue weighted by Crippen LogP contribution is 2.25. The molecule has 4 N–H and O–H groups in total. The van der Waals surface area contributed by atoms with Crippen molar-refractivity contribution in [1.82, 2.24) is 9.78 Å². The summed E-state index contributed by atoms with van der Waals surface area (Å²) in [5.74, 6) is 0.534. The molecule has 1 heterocycles. The van der Waals surface area contributed by atoms with E-state index in [9.17, 15) is 4.79 Å². The van der Waals surface area contributed by atoms with Gasteiger partial charge in [-0.1, -0.05) is 18.2 Å². The van der Waals surface area contributed by atoms with Crippen LogP contribution in [0.3, 0.4) is 0 Å². The average molecular weight is 232 g/mol. The molecule has 0 aliphatic heterocycles. The minimum Gasteiger partial charge on any atom is -0.389 e. The molecule has 2 rings (SSSR count). The lowest BCUT2D eigenvalue weighted by Gasteiger charge is -2.02. The van der Waals surface area contributed by atoms with E-state index < -0.39 is 6.09 Å². The number of primary amides is 1. The highest BCUT2D eigenvalue weighted by Gasteiger charge is 2.15. The fourth-order valence-corrected chi connectivity index (χ4v) is 1.45. The van der Waals surface area contributed by atoms with E-state index in [0.29, 0.717) is 11.4 Å². The Kier molecular flexibility index (Phi) is 2.70. The molecular formula is C11H12N4O2. The van der Waals surface area contributed by atoms with Crippen LogP contribution in [0.5, 0.6) is 5.88 Å². The van der Waals surface area contributed by atoms with Crippen molar-refractivity contribution >= 4 is 11.9 Å². The van der Waals surface area contributed by atoms with Crippen molar-refractivity contribution in [3.8, 4) is 11.6 Å². The first-order valence-electron chi connectivity index (χ1n) is 4.97. The number of hydrogen-bond acceptors (Lipinski definition) is 4. The van der Waals surface area contributed by atoms with Crippen molar-refractivity contribution in [3.63, 3.8) is 0 Å². The fourth-order valence-electron chi connectivity index (χ4n) is 1.45. The number of para-hydroxylation sites is 1. The number of carbonyl (C=O) groups excluding carboxylic acids is 1. The summed E-state index contributed by atoms with van der Waals surface area (Å²) in [4.78, 5) is 10.7. The molecule has 1 aromatic heterocycles. The van der Waals surface area contributed by atoms with E-state index >= 15 is 0 Å². The molecule has 0 fully saturated rings. The second-order valence-electron chi connectivity index (χ2n) is 3.48. The number of rotatable bonds is 2. The molecule has 0 bridgehead atoms. The van der Waals surface area contributed by atoms with E-state index in [4.69, 9.17) is 16.2 Å². The number of nitrogens with zero attached hydrogens (tertiary/aromatic N) is 2. The molecule has 0 saturated heterocycles. The third-order valence-electron chi connectivity index (χ3n) is 2.32. The predicted octanol–water partition coefficient (Wildman–Crippen LogP) is 1.22. The Labute approximate surface area is 97.8 Å². The molecule has 0 atom stereocenters. The van der Waals surface area contributed by atoms with E-state index in [-0.39, 0.29) is 5.88 Å². The zero-order valence-electron chi connectivity index (χ0n) is 9.25. The Hall–Kier alpha value is -2.50. The number of anilines is 1. The summed E-state index contributed by atoms with van der Waals surface area (Å²) in [6.45, 7) is 1.71. The SMILES string of the molecule is Cc1c(OC(N)=O)nn(-c2ccccc2)c1N. The molecule has 88 valence electrons. The molecule has 1 aromatic carbocycles. The molecule has 6 heteroatoms. The standard InChI is InChI=1S/C11H12N4O2/c1-7-9(12)15(8-5-3-2-4-6-8)14-10(7)17-11(13)16/h2-6H,12H2,1H3,(H2,13,16). The monoisotopic (exact) mass is 232 g/mol. The minimum atomic E-state index is -0.911. The van der Waals surface area contributed by atoms with Crippen LogP contribution in [0.4, 0.5) is 10.6 Å². The lowest BCUT2D eigenvalue weighted by molar-refractivity contribution is 0.208. The Morgan fingerprint density at radius 3 is 2.59 bits per heavy atom. The van der Waals surface area contributed by atoms with E-state index in [1.54, 1.807) is 6.92 Å². The summed E-state index contributed by atoms with van der Waals surface area (Å²) in [6, 6.07) is 9.30. The summed E-state index contributed by atoms with van der Waals surface area (Å²) in [5.41, 5.74) is 12.2. The van der Waals surface area contributed by atoms with Crippen LogP contribution in [-0.4, -0.2) is 15.9 Å². The van der Waals surface area contributed by atoms with Crippen LogP contribution in [0, 0.1) is 6.92 Å². The number of nitrogens with two attached hydrogens (primary N) is 2. The van der Waals surface area contributed by atoms with E-state index in [2.05, 4.69) is 5.10 Å². The maximum Gasteiger partial charge on any atom is 0.411 e. The van der Waals surface area contributed by atoms with Gasteiger partial charge in [0, 0.05) is 0 Å². The minimum absolute atomic E-state index is 0.124. The summed E-state index contributed by atoms with van der Waals surface area (Å²) in [5, 5.41) is 4.09. The quantitative estimate of drug-likeness (QED) is 0.813. The maximum absolute atomic E-state index is 10.7. The Bertz CT molecular complexity index is 548. The normalized spacial score (nSPS) is 10.2. The summed E-state index contributed by atoms with van der Waals surface area (Å²) < 4.78 is 6.25. The van der Waals surface area contributed by atoms with Crippen LogP contribution >= 0.6 is 0 Å². The number of amides is 1. The average Bonchev–Trinajstić information content (AvgIpc) is 2.58. The van der Waals surface area contributed by atoms with Crippen LogP contribution in [0.2, 0.25) is 0 Å². The number of carbonyl (C=O) groups is 1.